The van der Waals surface area contributed by atoms with Crippen molar-refractivity contribution in [2.24, 2.45) is 0 Å². The van der Waals surface area contributed by atoms with Gasteiger partial charge in [0, 0.05) is 19.1 Å². The lowest BCUT2D eigenvalue weighted by Crippen LogP contribution is -2.41. The zero-order valence-electron chi connectivity index (χ0n) is 9.90. The van der Waals surface area contributed by atoms with Gasteiger partial charge in [0.25, 0.3) is 0 Å². The summed E-state index contributed by atoms with van der Waals surface area (Å²) in [6.45, 7) is 0.113. The van der Waals surface area contributed by atoms with Crippen LogP contribution in [0.5, 0.6) is 0 Å². The standard InChI is InChI=1S/C13H16F3NO/c14-13(15,16)12(18)9-17(11-6-7-11)8-10-4-2-1-3-5-10/h1-5,11-12,18H,6-9H2. The van der Waals surface area contributed by atoms with Gasteiger partial charge in [-0.25, -0.2) is 0 Å². The zero-order valence-corrected chi connectivity index (χ0v) is 9.90. The minimum absolute atomic E-state index is 0.183. The van der Waals surface area contributed by atoms with E-state index in [1.807, 2.05) is 30.3 Å². The third-order valence-corrected chi connectivity index (χ3v) is 3.08. The van der Waals surface area contributed by atoms with Crippen molar-refractivity contribution in [3.63, 3.8) is 0 Å². The van der Waals surface area contributed by atoms with E-state index >= 15 is 0 Å². The predicted octanol–water partition coefficient (Wildman–Crippen LogP) is 2.57. The van der Waals surface area contributed by atoms with Crippen LogP contribution in [0.3, 0.4) is 0 Å². The Kier molecular flexibility index (Phi) is 3.92. The average molecular weight is 259 g/mol. The van der Waals surface area contributed by atoms with Crippen LogP contribution in [0.2, 0.25) is 0 Å². The highest BCUT2D eigenvalue weighted by molar-refractivity contribution is 5.15. The van der Waals surface area contributed by atoms with Crippen LogP contribution in [0.15, 0.2) is 30.3 Å². The van der Waals surface area contributed by atoms with Crippen molar-refractivity contribution in [2.45, 2.75) is 37.7 Å². The Labute approximate surface area is 104 Å². The number of nitrogens with zero attached hydrogens (tertiary/aromatic N) is 1. The Morgan fingerprint density at radius 2 is 1.83 bits per heavy atom. The molecule has 0 heterocycles. The van der Waals surface area contributed by atoms with Crippen LogP contribution >= 0.6 is 0 Å². The molecule has 5 heteroatoms. The Morgan fingerprint density at radius 1 is 1.22 bits per heavy atom. The average Bonchev–Trinajstić information content (AvgIpc) is 3.12. The first-order chi connectivity index (χ1) is 8.47. The SMILES string of the molecule is OC(CN(Cc1ccccc1)C1CC1)C(F)(F)F. The van der Waals surface area contributed by atoms with Gasteiger partial charge in [0.15, 0.2) is 6.10 Å². The van der Waals surface area contributed by atoms with Gasteiger partial charge < -0.3 is 5.11 Å². The fourth-order valence-electron chi connectivity index (χ4n) is 1.93. The quantitative estimate of drug-likeness (QED) is 0.878. The van der Waals surface area contributed by atoms with Gasteiger partial charge in [0.2, 0.25) is 0 Å². The molecule has 0 radical (unpaired) electrons. The van der Waals surface area contributed by atoms with E-state index in [2.05, 4.69) is 0 Å². The lowest BCUT2D eigenvalue weighted by Gasteiger charge is -2.26. The molecule has 100 valence electrons. The minimum Gasteiger partial charge on any atom is -0.382 e. The molecule has 0 aliphatic heterocycles. The second-order valence-corrected chi connectivity index (χ2v) is 4.70. The van der Waals surface area contributed by atoms with Gasteiger partial charge in [-0.2, -0.15) is 13.2 Å². The summed E-state index contributed by atoms with van der Waals surface area (Å²) in [5, 5.41) is 9.14. The maximum atomic E-state index is 12.4. The maximum Gasteiger partial charge on any atom is 0.415 e. The van der Waals surface area contributed by atoms with Crippen LogP contribution in [-0.4, -0.2) is 34.9 Å². The summed E-state index contributed by atoms with van der Waals surface area (Å²) in [6.07, 6.45) is -4.97. The van der Waals surface area contributed by atoms with Crippen LogP contribution in [0.4, 0.5) is 13.2 Å². The molecule has 1 N–H and O–H groups in total. The van der Waals surface area contributed by atoms with Crippen LogP contribution in [0.25, 0.3) is 0 Å². The Hall–Kier alpha value is -1.07. The van der Waals surface area contributed by atoms with E-state index in [9.17, 15) is 13.2 Å². The van der Waals surface area contributed by atoms with Crippen molar-refractivity contribution in [3.05, 3.63) is 35.9 Å². The summed E-state index contributed by atoms with van der Waals surface area (Å²) in [5.41, 5.74) is 0.971. The molecule has 0 bridgehead atoms. The largest absolute Gasteiger partial charge is 0.415 e. The number of halogens is 3. The fraction of sp³-hybridized carbons (Fsp3) is 0.538. The molecule has 0 saturated heterocycles. The van der Waals surface area contributed by atoms with Crippen molar-refractivity contribution < 1.29 is 18.3 Å². The van der Waals surface area contributed by atoms with Gasteiger partial charge in [-0.05, 0) is 18.4 Å². The van der Waals surface area contributed by atoms with Gasteiger partial charge in [0.1, 0.15) is 0 Å². The number of aliphatic hydroxyl groups is 1. The molecule has 18 heavy (non-hydrogen) atoms. The molecule has 0 spiro atoms. The lowest BCUT2D eigenvalue weighted by molar-refractivity contribution is -0.208. The summed E-state index contributed by atoms with van der Waals surface area (Å²) in [6, 6.07) is 9.55. The molecule has 1 unspecified atom stereocenters. The van der Waals surface area contributed by atoms with Gasteiger partial charge >= 0.3 is 6.18 Å². The van der Waals surface area contributed by atoms with Gasteiger partial charge in [-0.1, -0.05) is 30.3 Å². The van der Waals surface area contributed by atoms with Crippen molar-refractivity contribution in [1.82, 2.24) is 4.90 Å². The maximum absolute atomic E-state index is 12.4. The Morgan fingerprint density at radius 3 is 2.33 bits per heavy atom. The number of hydrogen-bond acceptors (Lipinski definition) is 2. The van der Waals surface area contributed by atoms with Crippen LogP contribution in [-0.2, 0) is 6.54 Å². The molecule has 1 aromatic rings. The first kappa shape index (κ1) is 13.4. The van der Waals surface area contributed by atoms with E-state index in [1.165, 1.54) is 0 Å². The molecule has 1 saturated carbocycles. The number of benzene rings is 1. The second-order valence-electron chi connectivity index (χ2n) is 4.70. The summed E-state index contributed by atoms with van der Waals surface area (Å²) < 4.78 is 37.1. The van der Waals surface area contributed by atoms with Crippen molar-refractivity contribution in [2.75, 3.05) is 6.54 Å². The van der Waals surface area contributed by atoms with Crippen molar-refractivity contribution >= 4 is 0 Å². The van der Waals surface area contributed by atoms with E-state index in [0.717, 1.165) is 18.4 Å². The third kappa shape index (κ3) is 3.71. The molecule has 1 atom stereocenters. The van der Waals surface area contributed by atoms with Crippen molar-refractivity contribution in [1.29, 1.82) is 0 Å². The first-order valence-electron chi connectivity index (χ1n) is 5.99. The predicted molar refractivity (Wildman–Crippen MR) is 61.9 cm³/mol. The number of aliphatic hydroxyl groups excluding tert-OH is 1. The van der Waals surface area contributed by atoms with Gasteiger partial charge in [-0.15, -0.1) is 0 Å². The monoisotopic (exact) mass is 259 g/mol. The topological polar surface area (TPSA) is 23.5 Å². The normalized spacial score (nSPS) is 18.1. The fourth-order valence-corrected chi connectivity index (χ4v) is 1.93. The van der Waals surface area contributed by atoms with E-state index in [4.69, 9.17) is 5.11 Å². The number of hydrogen-bond donors (Lipinski definition) is 1. The van der Waals surface area contributed by atoms with Crippen molar-refractivity contribution in [3.8, 4) is 0 Å². The summed E-state index contributed by atoms with van der Waals surface area (Å²) in [4.78, 5) is 1.72. The Balaban J connectivity index is 1.97. The molecular weight excluding hydrogens is 243 g/mol. The van der Waals surface area contributed by atoms with E-state index < -0.39 is 12.3 Å². The lowest BCUT2D eigenvalue weighted by atomic mass is 10.2. The van der Waals surface area contributed by atoms with Crippen LogP contribution in [0, 0.1) is 0 Å². The highest BCUT2D eigenvalue weighted by Gasteiger charge is 2.41. The van der Waals surface area contributed by atoms with E-state index in [0.29, 0.717) is 6.54 Å². The molecule has 2 nitrogen and oxygen atoms in total. The molecule has 1 aromatic carbocycles. The van der Waals surface area contributed by atoms with Crippen LogP contribution in [0.1, 0.15) is 18.4 Å². The molecule has 0 amide bonds. The van der Waals surface area contributed by atoms with Gasteiger partial charge in [-0.3, -0.25) is 4.90 Å². The molecule has 2 rings (SSSR count). The minimum atomic E-state index is -4.54. The zero-order chi connectivity index (χ0) is 13.2. The summed E-state index contributed by atoms with van der Waals surface area (Å²) in [5.74, 6) is 0. The van der Waals surface area contributed by atoms with Crippen LogP contribution < -0.4 is 0 Å². The van der Waals surface area contributed by atoms with Gasteiger partial charge in [0.05, 0.1) is 0 Å². The summed E-state index contributed by atoms with van der Waals surface area (Å²) in [7, 11) is 0. The molecule has 1 aliphatic rings. The Bertz CT molecular complexity index is 376. The highest BCUT2D eigenvalue weighted by Crippen LogP contribution is 2.30. The highest BCUT2D eigenvalue weighted by atomic mass is 19.4. The number of rotatable bonds is 5. The molecule has 1 fully saturated rings. The van der Waals surface area contributed by atoms with E-state index in [-0.39, 0.29) is 12.6 Å². The molecule has 0 aromatic heterocycles. The third-order valence-electron chi connectivity index (χ3n) is 3.08. The molecular formula is C13H16F3NO. The number of alkyl halides is 3. The first-order valence-corrected chi connectivity index (χ1v) is 5.99. The smallest absolute Gasteiger partial charge is 0.382 e. The summed E-state index contributed by atoms with van der Waals surface area (Å²) >= 11 is 0. The van der Waals surface area contributed by atoms with E-state index in [1.54, 1.807) is 4.90 Å². The second kappa shape index (κ2) is 5.28. The molecule has 1 aliphatic carbocycles.